The Kier molecular flexibility index (Phi) is 6.39. The summed E-state index contributed by atoms with van der Waals surface area (Å²) in [6.07, 6.45) is 0. The van der Waals surface area contributed by atoms with Gasteiger partial charge in [-0.25, -0.2) is 19.9 Å². The topological polar surface area (TPSA) is 77.8 Å². The minimum Gasteiger partial charge on any atom is -0.456 e. The van der Waals surface area contributed by atoms with Crippen molar-refractivity contribution in [1.29, 1.82) is 0 Å². The van der Waals surface area contributed by atoms with Gasteiger partial charge in [0.2, 0.25) is 5.89 Å². The number of hydrogen-bond donors (Lipinski definition) is 0. The van der Waals surface area contributed by atoms with E-state index in [9.17, 15) is 0 Å². The summed E-state index contributed by atoms with van der Waals surface area (Å²) in [5.41, 5.74) is 8.70. The van der Waals surface area contributed by atoms with Crippen molar-refractivity contribution < 1.29 is 8.83 Å². The summed E-state index contributed by atoms with van der Waals surface area (Å²) in [5.74, 6) is 2.44. The van der Waals surface area contributed by atoms with Crippen LogP contribution in [0, 0.1) is 0 Å². The third kappa shape index (κ3) is 4.65. The quantitative estimate of drug-likeness (QED) is 0.186. The Labute approximate surface area is 286 Å². The molecule has 6 nitrogen and oxygen atoms in total. The van der Waals surface area contributed by atoms with Crippen molar-refractivity contribution in [2.45, 2.75) is 0 Å². The molecule has 0 fully saturated rings. The molecule has 0 atom stereocenters. The molecular formula is C44H26N4O2. The van der Waals surface area contributed by atoms with E-state index in [4.69, 9.17) is 28.8 Å². The molecule has 0 unspecified atom stereocenters. The van der Waals surface area contributed by atoms with E-state index < -0.39 is 0 Å². The predicted molar refractivity (Wildman–Crippen MR) is 199 cm³/mol. The fourth-order valence-corrected chi connectivity index (χ4v) is 6.81. The number of rotatable bonds is 5. The SMILES string of the molecule is c1ccc(-c2nc(-c3ccccc3)nc(-c3cccc4cc(-c5c6oc(-c7ccccc7)nc6cc6oc7ccccc7c56)ccc34)n2)cc1. The maximum atomic E-state index is 6.60. The molecule has 10 rings (SSSR count). The first kappa shape index (κ1) is 28.1. The number of furan rings is 1. The lowest BCUT2D eigenvalue weighted by atomic mass is 9.94. The molecule has 50 heavy (non-hydrogen) atoms. The van der Waals surface area contributed by atoms with Gasteiger partial charge in [-0.1, -0.05) is 127 Å². The molecule has 0 amide bonds. The number of oxazole rings is 1. The summed E-state index contributed by atoms with van der Waals surface area (Å²) in [4.78, 5) is 19.8. The molecule has 0 saturated carbocycles. The van der Waals surface area contributed by atoms with Gasteiger partial charge in [0, 0.05) is 44.7 Å². The van der Waals surface area contributed by atoms with Gasteiger partial charge in [-0.3, -0.25) is 0 Å². The summed E-state index contributed by atoms with van der Waals surface area (Å²) < 4.78 is 13.0. The molecule has 10 aromatic rings. The van der Waals surface area contributed by atoms with Crippen LogP contribution in [0.4, 0.5) is 0 Å². The van der Waals surface area contributed by atoms with Crippen LogP contribution in [0.2, 0.25) is 0 Å². The predicted octanol–water partition coefficient (Wildman–Crippen LogP) is 11.4. The highest BCUT2D eigenvalue weighted by atomic mass is 16.4. The van der Waals surface area contributed by atoms with Crippen molar-refractivity contribution in [1.82, 2.24) is 19.9 Å². The second kappa shape index (κ2) is 11.4. The van der Waals surface area contributed by atoms with Crippen LogP contribution in [0.25, 0.3) is 101 Å². The average molecular weight is 643 g/mol. The Bertz CT molecular complexity index is 2800. The summed E-state index contributed by atoms with van der Waals surface area (Å²) in [5, 5.41) is 4.10. The first-order valence-electron chi connectivity index (χ1n) is 16.5. The van der Waals surface area contributed by atoms with Gasteiger partial charge in [0.05, 0.1) is 0 Å². The molecular weight excluding hydrogens is 617 g/mol. The first-order valence-corrected chi connectivity index (χ1v) is 16.5. The van der Waals surface area contributed by atoms with Crippen LogP contribution >= 0.6 is 0 Å². The van der Waals surface area contributed by atoms with Gasteiger partial charge in [0.25, 0.3) is 0 Å². The zero-order valence-electron chi connectivity index (χ0n) is 26.6. The minimum atomic E-state index is 0.570. The molecule has 0 radical (unpaired) electrons. The van der Waals surface area contributed by atoms with E-state index in [-0.39, 0.29) is 0 Å². The van der Waals surface area contributed by atoms with Crippen molar-refractivity contribution in [3.05, 3.63) is 158 Å². The molecule has 0 bridgehead atoms. The van der Waals surface area contributed by atoms with Crippen LogP contribution < -0.4 is 0 Å². The highest BCUT2D eigenvalue weighted by Crippen LogP contribution is 2.44. The molecule has 7 aromatic carbocycles. The van der Waals surface area contributed by atoms with E-state index in [1.807, 2.05) is 115 Å². The van der Waals surface area contributed by atoms with Crippen molar-refractivity contribution in [2.24, 2.45) is 0 Å². The van der Waals surface area contributed by atoms with Gasteiger partial charge < -0.3 is 8.83 Å². The van der Waals surface area contributed by atoms with Gasteiger partial charge in [-0.05, 0) is 40.6 Å². The molecule has 3 aromatic heterocycles. The van der Waals surface area contributed by atoms with E-state index in [0.717, 1.165) is 77.2 Å². The summed E-state index contributed by atoms with van der Waals surface area (Å²) in [6, 6.07) is 52.9. The van der Waals surface area contributed by atoms with Crippen LogP contribution in [-0.4, -0.2) is 19.9 Å². The second-order valence-electron chi connectivity index (χ2n) is 12.2. The Morgan fingerprint density at radius 1 is 0.400 bits per heavy atom. The molecule has 0 N–H and O–H groups in total. The van der Waals surface area contributed by atoms with Gasteiger partial charge in [0.1, 0.15) is 16.7 Å². The average Bonchev–Trinajstić information content (AvgIpc) is 3.79. The van der Waals surface area contributed by atoms with Gasteiger partial charge >= 0.3 is 0 Å². The first-order chi connectivity index (χ1) is 24.8. The lowest BCUT2D eigenvalue weighted by molar-refractivity contribution is 0.621. The smallest absolute Gasteiger partial charge is 0.227 e. The number of para-hydroxylation sites is 1. The van der Waals surface area contributed by atoms with E-state index in [1.54, 1.807) is 0 Å². The number of hydrogen-bond acceptors (Lipinski definition) is 6. The highest BCUT2D eigenvalue weighted by Gasteiger charge is 2.22. The third-order valence-corrected chi connectivity index (χ3v) is 9.15. The maximum absolute atomic E-state index is 6.60. The normalized spacial score (nSPS) is 11.6. The van der Waals surface area contributed by atoms with Gasteiger partial charge in [-0.2, -0.15) is 0 Å². The van der Waals surface area contributed by atoms with Gasteiger partial charge in [0.15, 0.2) is 23.1 Å². The fraction of sp³-hybridized carbons (Fsp3) is 0. The molecule has 6 heteroatoms. The van der Waals surface area contributed by atoms with Crippen LogP contribution in [0.15, 0.2) is 167 Å². The largest absolute Gasteiger partial charge is 0.456 e. The van der Waals surface area contributed by atoms with Crippen LogP contribution in [0.1, 0.15) is 0 Å². The number of aromatic nitrogens is 4. The summed E-state index contributed by atoms with van der Waals surface area (Å²) >= 11 is 0. The number of nitrogens with zero attached hydrogens (tertiary/aromatic N) is 4. The van der Waals surface area contributed by atoms with Gasteiger partial charge in [-0.15, -0.1) is 0 Å². The monoisotopic (exact) mass is 642 g/mol. The maximum Gasteiger partial charge on any atom is 0.227 e. The Balaban J connectivity index is 1.19. The lowest BCUT2D eigenvalue weighted by Crippen LogP contribution is -2.00. The zero-order chi connectivity index (χ0) is 33.0. The third-order valence-electron chi connectivity index (χ3n) is 9.15. The zero-order valence-corrected chi connectivity index (χ0v) is 26.6. The minimum absolute atomic E-state index is 0.570. The lowest BCUT2D eigenvalue weighted by Gasteiger charge is -2.12. The number of benzene rings is 7. The fourth-order valence-electron chi connectivity index (χ4n) is 6.81. The highest BCUT2D eigenvalue weighted by molar-refractivity contribution is 6.19. The van der Waals surface area contributed by atoms with Crippen molar-refractivity contribution in [3.8, 4) is 56.7 Å². The van der Waals surface area contributed by atoms with Crippen molar-refractivity contribution in [2.75, 3.05) is 0 Å². The molecule has 0 saturated heterocycles. The molecule has 0 aliphatic rings. The molecule has 0 spiro atoms. The Morgan fingerprint density at radius 3 is 1.76 bits per heavy atom. The molecule has 0 aliphatic heterocycles. The standard InChI is InChI=1S/C44H26N4O2/c1-4-13-27(14-5-1)41-46-42(28-15-6-2-7-16-28)48-43(47-41)33-21-12-19-30-25-31(23-24-32(30)33)38-39-34-20-10-11-22-36(34)49-37(39)26-35-40(38)50-44(45-35)29-17-8-3-9-18-29/h1-26H. The Morgan fingerprint density at radius 2 is 1.04 bits per heavy atom. The van der Waals surface area contributed by atoms with Crippen LogP contribution in [0.3, 0.4) is 0 Å². The van der Waals surface area contributed by atoms with Crippen molar-refractivity contribution >= 4 is 43.8 Å². The van der Waals surface area contributed by atoms with E-state index in [0.29, 0.717) is 23.4 Å². The second-order valence-corrected chi connectivity index (χ2v) is 12.2. The van der Waals surface area contributed by atoms with Crippen LogP contribution in [0.5, 0.6) is 0 Å². The van der Waals surface area contributed by atoms with E-state index >= 15 is 0 Å². The van der Waals surface area contributed by atoms with E-state index in [1.165, 1.54) is 0 Å². The number of fused-ring (bicyclic) bond motifs is 5. The molecule has 234 valence electrons. The summed E-state index contributed by atoms with van der Waals surface area (Å²) in [7, 11) is 0. The molecule has 0 aliphatic carbocycles. The van der Waals surface area contributed by atoms with Crippen LogP contribution in [-0.2, 0) is 0 Å². The Hall–Kier alpha value is -6.92. The molecule has 3 heterocycles. The summed E-state index contributed by atoms with van der Waals surface area (Å²) in [6.45, 7) is 0. The van der Waals surface area contributed by atoms with E-state index in [2.05, 4.69) is 42.5 Å². The van der Waals surface area contributed by atoms with Crippen molar-refractivity contribution in [3.63, 3.8) is 0 Å².